The summed E-state index contributed by atoms with van der Waals surface area (Å²) in [6.45, 7) is 1.88. The van der Waals surface area contributed by atoms with Gasteiger partial charge < -0.3 is 21.1 Å². The van der Waals surface area contributed by atoms with E-state index in [4.69, 9.17) is 10.5 Å². The molecular formula is C13H17ClFN3O3. The molecule has 1 atom stereocenters. The van der Waals surface area contributed by atoms with E-state index in [1.807, 2.05) is 0 Å². The van der Waals surface area contributed by atoms with Crippen molar-refractivity contribution >= 4 is 29.9 Å². The first-order valence-electron chi connectivity index (χ1n) is 6.28. The van der Waals surface area contributed by atoms with Crippen molar-refractivity contribution < 1.29 is 18.7 Å². The lowest BCUT2D eigenvalue weighted by Gasteiger charge is -2.23. The van der Waals surface area contributed by atoms with Crippen molar-refractivity contribution in [2.45, 2.75) is 12.5 Å². The fourth-order valence-electron chi connectivity index (χ4n) is 1.93. The molecule has 2 amide bonds. The molecule has 4 N–H and O–H groups in total. The molecular weight excluding hydrogens is 301 g/mol. The lowest BCUT2D eigenvalue weighted by atomic mass is 10.1. The highest BCUT2D eigenvalue weighted by Crippen LogP contribution is 2.16. The van der Waals surface area contributed by atoms with E-state index < -0.39 is 11.7 Å². The largest absolute Gasteiger partial charge is 0.375 e. The minimum atomic E-state index is -0.680. The third-order valence-corrected chi connectivity index (χ3v) is 2.94. The summed E-state index contributed by atoms with van der Waals surface area (Å²) in [6, 6.07) is 3.57. The molecule has 6 nitrogen and oxygen atoms in total. The number of nitrogens with one attached hydrogen (secondary N) is 2. The van der Waals surface area contributed by atoms with Crippen molar-refractivity contribution in [3.8, 4) is 0 Å². The number of morpholine rings is 1. The molecule has 0 aliphatic carbocycles. The molecule has 1 aromatic rings. The molecule has 1 unspecified atom stereocenters. The highest BCUT2D eigenvalue weighted by Gasteiger charge is 2.18. The van der Waals surface area contributed by atoms with Crippen molar-refractivity contribution in [3.05, 3.63) is 29.6 Å². The molecule has 0 bridgehead atoms. The maximum atomic E-state index is 13.6. The Morgan fingerprint density at radius 1 is 1.48 bits per heavy atom. The lowest BCUT2D eigenvalue weighted by Crippen LogP contribution is -2.40. The average Bonchev–Trinajstić information content (AvgIpc) is 2.42. The number of halogens is 2. The van der Waals surface area contributed by atoms with E-state index in [1.165, 1.54) is 12.1 Å². The van der Waals surface area contributed by atoms with Crippen LogP contribution in [0.2, 0.25) is 0 Å². The van der Waals surface area contributed by atoms with Crippen LogP contribution in [-0.2, 0) is 9.53 Å². The van der Waals surface area contributed by atoms with Crippen LogP contribution in [0.5, 0.6) is 0 Å². The van der Waals surface area contributed by atoms with Gasteiger partial charge in [0.25, 0.3) is 0 Å². The van der Waals surface area contributed by atoms with Crippen LogP contribution in [0, 0.1) is 5.82 Å². The summed E-state index contributed by atoms with van der Waals surface area (Å²) in [4.78, 5) is 22.8. The fourth-order valence-corrected chi connectivity index (χ4v) is 1.93. The Bertz CT molecular complexity index is 521. The molecule has 8 heteroatoms. The number of ether oxygens (including phenoxy) is 1. The van der Waals surface area contributed by atoms with Crippen LogP contribution in [0.15, 0.2) is 18.2 Å². The van der Waals surface area contributed by atoms with Gasteiger partial charge in [-0.1, -0.05) is 0 Å². The molecule has 2 rings (SSSR count). The van der Waals surface area contributed by atoms with E-state index in [1.54, 1.807) is 0 Å². The Morgan fingerprint density at radius 2 is 2.24 bits per heavy atom. The van der Waals surface area contributed by atoms with Crippen LogP contribution >= 0.6 is 12.4 Å². The molecule has 1 fully saturated rings. The molecule has 0 aromatic heterocycles. The van der Waals surface area contributed by atoms with E-state index in [0.717, 1.165) is 12.6 Å². The summed E-state index contributed by atoms with van der Waals surface area (Å²) in [6.07, 6.45) is -0.112. The topological polar surface area (TPSA) is 93.5 Å². The zero-order valence-corrected chi connectivity index (χ0v) is 12.0. The van der Waals surface area contributed by atoms with Gasteiger partial charge in [-0.2, -0.15) is 0 Å². The number of rotatable bonds is 4. The van der Waals surface area contributed by atoms with Crippen molar-refractivity contribution in [1.82, 2.24) is 5.32 Å². The molecule has 0 spiro atoms. The summed E-state index contributed by atoms with van der Waals surface area (Å²) in [5.41, 5.74) is 5.19. The second-order valence-corrected chi connectivity index (χ2v) is 4.51. The quantitative estimate of drug-likeness (QED) is 0.760. The van der Waals surface area contributed by atoms with Crippen LogP contribution in [0.3, 0.4) is 0 Å². The van der Waals surface area contributed by atoms with Crippen LogP contribution in [0.1, 0.15) is 16.8 Å². The van der Waals surface area contributed by atoms with Gasteiger partial charge in [0.1, 0.15) is 5.82 Å². The third kappa shape index (κ3) is 4.96. The number of hydrogen-bond acceptors (Lipinski definition) is 4. The molecule has 0 saturated carbocycles. The summed E-state index contributed by atoms with van der Waals surface area (Å²) in [5.74, 6) is -1.68. The lowest BCUT2D eigenvalue weighted by molar-refractivity contribution is -0.119. The molecule has 1 aliphatic heterocycles. The second kappa shape index (κ2) is 7.92. The summed E-state index contributed by atoms with van der Waals surface area (Å²) >= 11 is 0. The minimum absolute atomic E-state index is 0. The molecule has 0 radical (unpaired) electrons. The molecule has 1 aromatic carbocycles. The summed E-state index contributed by atoms with van der Waals surface area (Å²) in [7, 11) is 0. The van der Waals surface area contributed by atoms with Crippen molar-refractivity contribution in [2.24, 2.45) is 5.73 Å². The number of carbonyl (C=O) groups excluding carboxylic acids is 2. The van der Waals surface area contributed by atoms with Crippen molar-refractivity contribution in [1.29, 1.82) is 0 Å². The summed E-state index contributed by atoms with van der Waals surface area (Å²) in [5, 5.41) is 5.52. The van der Waals surface area contributed by atoms with Gasteiger partial charge in [0.05, 0.1) is 24.8 Å². The Balaban J connectivity index is 0.00000220. The number of anilines is 1. The number of primary amides is 1. The Kier molecular flexibility index (Phi) is 6.54. The van der Waals surface area contributed by atoms with Gasteiger partial charge in [-0.3, -0.25) is 9.59 Å². The van der Waals surface area contributed by atoms with Gasteiger partial charge in [0.15, 0.2) is 0 Å². The number of nitrogens with two attached hydrogens (primary N) is 1. The van der Waals surface area contributed by atoms with Gasteiger partial charge in [-0.05, 0) is 18.2 Å². The molecule has 1 saturated heterocycles. The van der Waals surface area contributed by atoms with Gasteiger partial charge in [-0.15, -0.1) is 12.4 Å². The smallest absolute Gasteiger partial charge is 0.248 e. The molecule has 1 aliphatic rings. The number of hydrogen-bond donors (Lipinski definition) is 3. The molecule has 21 heavy (non-hydrogen) atoms. The fraction of sp³-hybridized carbons (Fsp3) is 0.385. The van der Waals surface area contributed by atoms with Crippen molar-refractivity contribution in [3.63, 3.8) is 0 Å². The predicted molar refractivity (Wildman–Crippen MR) is 78.0 cm³/mol. The number of carbonyl (C=O) groups is 2. The standard InChI is InChI=1S/C13H16FN3O3.ClH/c14-10-2-1-8(13(15)19)5-11(10)17-12(18)6-9-7-16-3-4-20-9;/h1-2,5,9,16H,3-4,6-7H2,(H2,15,19)(H,17,18);1H. The average molecular weight is 318 g/mol. The first-order valence-corrected chi connectivity index (χ1v) is 6.28. The van der Waals surface area contributed by atoms with E-state index in [0.29, 0.717) is 13.2 Å². The molecule has 1 heterocycles. The maximum Gasteiger partial charge on any atom is 0.248 e. The van der Waals surface area contributed by atoms with Crippen LogP contribution in [-0.4, -0.2) is 37.6 Å². The Labute approximate surface area is 127 Å². The van der Waals surface area contributed by atoms with Gasteiger partial charge in [0, 0.05) is 18.7 Å². The van der Waals surface area contributed by atoms with Crippen LogP contribution in [0.25, 0.3) is 0 Å². The zero-order chi connectivity index (χ0) is 14.5. The second-order valence-electron chi connectivity index (χ2n) is 4.51. The molecule has 116 valence electrons. The minimum Gasteiger partial charge on any atom is -0.375 e. The monoisotopic (exact) mass is 317 g/mol. The number of amides is 2. The third-order valence-electron chi connectivity index (χ3n) is 2.94. The number of benzene rings is 1. The van der Waals surface area contributed by atoms with E-state index in [2.05, 4.69) is 10.6 Å². The van der Waals surface area contributed by atoms with Gasteiger partial charge in [0.2, 0.25) is 11.8 Å². The highest BCUT2D eigenvalue weighted by atomic mass is 35.5. The first kappa shape index (κ1) is 17.4. The van der Waals surface area contributed by atoms with E-state index >= 15 is 0 Å². The predicted octanol–water partition coefficient (Wildman–Crippen LogP) is 0.663. The van der Waals surface area contributed by atoms with Crippen LogP contribution in [0.4, 0.5) is 10.1 Å². The Hall–Kier alpha value is -1.70. The van der Waals surface area contributed by atoms with Gasteiger partial charge >= 0.3 is 0 Å². The summed E-state index contributed by atoms with van der Waals surface area (Å²) < 4.78 is 18.9. The first-order chi connectivity index (χ1) is 9.56. The zero-order valence-electron chi connectivity index (χ0n) is 11.2. The van der Waals surface area contributed by atoms with Gasteiger partial charge in [-0.25, -0.2) is 4.39 Å². The van der Waals surface area contributed by atoms with Crippen LogP contribution < -0.4 is 16.4 Å². The normalized spacial score (nSPS) is 17.7. The highest BCUT2D eigenvalue weighted by molar-refractivity contribution is 5.96. The maximum absolute atomic E-state index is 13.6. The SMILES string of the molecule is Cl.NC(=O)c1ccc(F)c(NC(=O)CC2CNCCO2)c1. The van der Waals surface area contributed by atoms with E-state index in [9.17, 15) is 14.0 Å². The Morgan fingerprint density at radius 3 is 2.86 bits per heavy atom. The van der Waals surface area contributed by atoms with Crippen molar-refractivity contribution in [2.75, 3.05) is 25.0 Å². The van der Waals surface area contributed by atoms with E-state index in [-0.39, 0.29) is 42.1 Å².